The number of hydrogen-bond donors (Lipinski definition) is 2. The minimum atomic E-state index is -1.38. The molecule has 2 heterocycles. The molecule has 0 radical (unpaired) electrons. The molecule has 1 aromatic carbocycles. The lowest BCUT2D eigenvalue weighted by Crippen LogP contribution is -2.46. The monoisotopic (exact) mass is 426 g/mol. The van der Waals surface area contributed by atoms with Gasteiger partial charge < -0.3 is 20.0 Å². The number of imide groups is 1. The van der Waals surface area contributed by atoms with Crippen LogP contribution < -0.4 is 10.6 Å². The van der Waals surface area contributed by atoms with Gasteiger partial charge in [0.2, 0.25) is 11.8 Å². The molecule has 5 amide bonds. The van der Waals surface area contributed by atoms with E-state index >= 15 is 0 Å². The van der Waals surface area contributed by atoms with Crippen molar-refractivity contribution in [2.75, 3.05) is 25.0 Å². The Labute approximate surface area is 180 Å². The molecule has 1 fully saturated rings. The van der Waals surface area contributed by atoms with Gasteiger partial charge in [-0.15, -0.1) is 0 Å². The van der Waals surface area contributed by atoms with Gasteiger partial charge in [0.05, 0.1) is 12.8 Å². The molecule has 0 saturated carbocycles. The summed E-state index contributed by atoms with van der Waals surface area (Å²) in [7, 11) is 0. The van der Waals surface area contributed by atoms with Crippen molar-refractivity contribution in [3.8, 4) is 0 Å². The number of nitrogens with zero attached hydrogens (tertiary/aromatic N) is 2. The Balaban J connectivity index is 1.67. The molecule has 31 heavy (non-hydrogen) atoms. The predicted octanol–water partition coefficient (Wildman–Crippen LogP) is 2.23. The van der Waals surface area contributed by atoms with Crippen LogP contribution in [0.2, 0.25) is 0 Å². The van der Waals surface area contributed by atoms with E-state index in [-0.39, 0.29) is 18.2 Å². The van der Waals surface area contributed by atoms with Crippen molar-refractivity contribution in [1.29, 1.82) is 0 Å². The Morgan fingerprint density at radius 1 is 1.19 bits per heavy atom. The fourth-order valence-electron chi connectivity index (χ4n) is 3.44. The van der Waals surface area contributed by atoms with Gasteiger partial charge in [0, 0.05) is 12.2 Å². The van der Waals surface area contributed by atoms with E-state index in [4.69, 9.17) is 4.42 Å². The van der Waals surface area contributed by atoms with Crippen LogP contribution >= 0.6 is 0 Å². The molecule has 164 valence electrons. The molecular weight excluding hydrogens is 400 g/mol. The Kier molecular flexibility index (Phi) is 6.43. The second kappa shape index (κ2) is 9.03. The largest absolute Gasteiger partial charge is 0.466 e. The van der Waals surface area contributed by atoms with Crippen LogP contribution in [-0.2, 0) is 19.9 Å². The summed E-state index contributed by atoms with van der Waals surface area (Å²) in [5.74, 6) is -1.15. The first-order chi connectivity index (χ1) is 14.8. The van der Waals surface area contributed by atoms with Gasteiger partial charge in [-0.25, -0.2) is 4.79 Å². The highest BCUT2D eigenvalue weighted by atomic mass is 16.3. The first-order valence-electron chi connectivity index (χ1n) is 10.1. The quantitative estimate of drug-likeness (QED) is 0.629. The van der Waals surface area contributed by atoms with Crippen molar-refractivity contribution in [1.82, 2.24) is 15.1 Å². The Morgan fingerprint density at radius 3 is 2.58 bits per heavy atom. The van der Waals surface area contributed by atoms with E-state index in [1.165, 1.54) is 18.1 Å². The third-order valence-corrected chi connectivity index (χ3v) is 5.18. The fraction of sp³-hybridized carbons (Fsp3) is 0.364. The van der Waals surface area contributed by atoms with Gasteiger partial charge >= 0.3 is 6.03 Å². The van der Waals surface area contributed by atoms with Crippen LogP contribution in [0.15, 0.2) is 47.1 Å². The normalized spacial score (nSPS) is 18.1. The number of rotatable bonds is 8. The van der Waals surface area contributed by atoms with E-state index in [0.717, 1.165) is 10.5 Å². The van der Waals surface area contributed by atoms with E-state index in [9.17, 15) is 19.2 Å². The van der Waals surface area contributed by atoms with Crippen LogP contribution in [0.5, 0.6) is 0 Å². The van der Waals surface area contributed by atoms with Crippen LogP contribution in [0.3, 0.4) is 0 Å². The molecule has 1 atom stereocenters. The molecule has 0 bridgehead atoms. The standard InChI is InChI=1S/C22H26N4O5/c1-4-11-25(13-18(27)23-16-9-6-5-8-15(16)2)19(28)14-26-20(29)22(3,24-21(26)30)17-10-7-12-31-17/h5-10,12H,4,11,13-14H2,1-3H3,(H,23,27)(H,24,30). The summed E-state index contributed by atoms with van der Waals surface area (Å²) in [5.41, 5.74) is 0.194. The maximum Gasteiger partial charge on any atom is 0.325 e. The maximum absolute atomic E-state index is 12.9. The first kappa shape index (κ1) is 22.1. The predicted molar refractivity (Wildman–Crippen MR) is 113 cm³/mol. The summed E-state index contributed by atoms with van der Waals surface area (Å²) in [6, 6.07) is 9.85. The van der Waals surface area contributed by atoms with Crippen molar-refractivity contribution in [3.63, 3.8) is 0 Å². The summed E-state index contributed by atoms with van der Waals surface area (Å²) in [6.07, 6.45) is 2.03. The zero-order valence-electron chi connectivity index (χ0n) is 17.8. The molecule has 1 aromatic heterocycles. The van der Waals surface area contributed by atoms with Gasteiger partial charge in [-0.1, -0.05) is 25.1 Å². The topological polar surface area (TPSA) is 112 Å². The van der Waals surface area contributed by atoms with Crippen LogP contribution in [0, 0.1) is 6.92 Å². The molecule has 0 spiro atoms. The van der Waals surface area contributed by atoms with E-state index in [1.54, 1.807) is 18.2 Å². The van der Waals surface area contributed by atoms with Crippen LogP contribution in [0.4, 0.5) is 10.5 Å². The number of nitrogens with one attached hydrogen (secondary N) is 2. The third kappa shape index (κ3) is 4.60. The molecule has 1 unspecified atom stereocenters. The number of urea groups is 1. The fourth-order valence-corrected chi connectivity index (χ4v) is 3.44. The molecule has 1 aliphatic rings. The van der Waals surface area contributed by atoms with Crippen molar-refractivity contribution in [3.05, 3.63) is 54.0 Å². The zero-order chi connectivity index (χ0) is 22.6. The van der Waals surface area contributed by atoms with Crippen molar-refractivity contribution >= 4 is 29.4 Å². The molecular formula is C22H26N4O5. The lowest BCUT2D eigenvalue weighted by Gasteiger charge is -2.24. The number of anilines is 1. The number of furan rings is 1. The summed E-state index contributed by atoms with van der Waals surface area (Å²) in [4.78, 5) is 52.9. The lowest BCUT2D eigenvalue weighted by molar-refractivity contribution is -0.140. The smallest absolute Gasteiger partial charge is 0.325 e. The number of carbonyl (C=O) groups is 4. The van der Waals surface area contributed by atoms with Crippen molar-refractivity contribution in [2.24, 2.45) is 0 Å². The van der Waals surface area contributed by atoms with Gasteiger partial charge in [-0.2, -0.15) is 0 Å². The van der Waals surface area contributed by atoms with Crippen LogP contribution in [0.25, 0.3) is 0 Å². The molecule has 9 nitrogen and oxygen atoms in total. The highest BCUT2D eigenvalue weighted by Gasteiger charge is 2.51. The Hall–Kier alpha value is -3.62. The molecule has 0 aliphatic carbocycles. The minimum Gasteiger partial charge on any atom is -0.466 e. The number of aryl methyl sites for hydroxylation is 1. The molecule has 1 saturated heterocycles. The molecule has 1 aliphatic heterocycles. The van der Waals surface area contributed by atoms with Gasteiger partial charge in [0.15, 0.2) is 5.54 Å². The van der Waals surface area contributed by atoms with Crippen LogP contribution in [0.1, 0.15) is 31.6 Å². The summed E-state index contributed by atoms with van der Waals surface area (Å²) >= 11 is 0. The van der Waals surface area contributed by atoms with Gasteiger partial charge in [0.1, 0.15) is 12.3 Å². The first-order valence-corrected chi connectivity index (χ1v) is 10.1. The average molecular weight is 426 g/mol. The molecule has 9 heteroatoms. The minimum absolute atomic E-state index is 0.180. The highest BCUT2D eigenvalue weighted by molar-refractivity contribution is 6.09. The second-order valence-corrected chi connectivity index (χ2v) is 7.60. The van der Waals surface area contributed by atoms with E-state index in [2.05, 4.69) is 10.6 Å². The Morgan fingerprint density at radius 2 is 1.94 bits per heavy atom. The number of amides is 5. The number of para-hydroxylation sites is 1. The lowest BCUT2D eigenvalue weighted by atomic mass is 9.99. The van der Waals surface area contributed by atoms with Crippen molar-refractivity contribution < 1.29 is 23.6 Å². The number of carbonyl (C=O) groups excluding carboxylic acids is 4. The van der Waals surface area contributed by atoms with Crippen LogP contribution in [-0.4, -0.2) is 53.2 Å². The summed E-state index contributed by atoms with van der Waals surface area (Å²) in [5, 5.41) is 5.37. The Bertz CT molecular complexity index is 988. The molecule has 2 aromatic rings. The van der Waals surface area contributed by atoms with Gasteiger partial charge in [0.25, 0.3) is 5.91 Å². The number of hydrogen-bond acceptors (Lipinski definition) is 5. The maximum atomic E-state index is 12.9. The summed E-state index contributed by atoms with van der Waals surface area (Å²) in [6.45, 7) is 4.95. The van der Waals surface area contributed by atoms with Gasteiger partial charge in [-0.3, -0.25) is 19.3 Å². The summed E-state index contributed by atoms with van der Waals surface area (Å²) < 4.78 is 5.29. The zero-order valence-corrected chi connectivity index (χ0v) is 17.8. The van der Waals surface area contributed by atoms with E-state index in [0.29, 0.717) is 18.7 Å². The number of benzene rings is 1. The second-order valence-electron chi connectivity index (χ2n) is 7.60. The highest BCUT2D eigenvalue weighted by Crippen LogP contribution is 2.29. The van der Waals surface area contributed by atoms with Gasteiger partial charge in [-0.05, 0) is 44.0 Å². The van der Waals surface area contributed by atoms with Crippen molar-refractivity contribution in [2.45, 2.75) is 32.7 Å². The third-order valence-electron chi connectivity index (χ3n) is 5.18. The van der Waals surface area contributed by atoms with E-state index in [1.807, 2.05) is 32.0 Å². The SMILES string of the molecule is CCCN(CC(=O)Nc1ccccc1C)C(=O)CN1C(=O)NC(C)(c2ccco2)C1=O. The molecule has 3 rings (SSSR count). The average Bonchev–Trinajstić information content (AvgIpc) is 3.34. The molecule has 2 N–H and O–H groups in total. The van der Waals surface area contributed by atoms with E-state index < -0.39 is 29.9 Å².